The molecule has 4 N–H and O–H groups in total. The Hall–Kier alpha value is -1.57. The molecule has 0 bridgehead atoms. The van der Waals surface area contributed by atoms with E-state index < -0.39 is 0 Å². The van der Waals surface area contributed by atoms with E-state index in [0.29, 0.717) is 24.1 Å². The SMILES string of the molecule is Cc1ccc(C)c(NC(=O)CSc2nnc(CC[NH3+])o2)c1.[Cl-]. The molecule has 8 heteroatoms. The van der Waals surface area contributed by atoms with Gasteiger partial charge in [0.15, 0.2) is 0 Å². The van der Waals surface area contributed by atoms with Crippen LogP contribution in [0.1, 0.15) is 17.0 Å². The number of halogens is 1. The van der Waals surface area contributed by atoms with Crippen LogP contribution in [0.2, 0.25) is 0 Å². The zero-order valence-electron chi connectivity index (χ0n) is 12.6. The largest absolute Gasteiger partial charge is 1.00 e. The molecule has 2 rings (SSSR count). The van der Waals surface area contributed by atoms with Crippen LogP contribution in [-0.4, -0.2) is 28.4 Å². The van der Waals surface area contributed by atoms with Crippen molar-refractivity contribution in [3.8, 4) is 0 Å². The predicted molar refractivity (Wildman–Crippen MR) is 81.0 cm³/mol. The Morgan fingerprint density at radius 3 is 2.86 bits per heavy atom. The van der Waals surface area contributed by atoms with Crippen molar-refractivity contribution in [2.24, 2.45) is 0 Å². The van der Waals surface area contributed by atoms with Gasteiger partial charge in [-0.2, -0.15) is 0 Å². The standard InChI is InChI=1S/C14H18N4O2S.ClH/c1-9-3-4-10(2)11(7-9)16-12(19)8-21-14-18-17-13(20-14)5-6-15;/h3-4,7H,5-6,8,15H2,1-2H3,(H,16,19);1H. The Balaban J connectivity index is 0.00000242. The van der Waals surface area contributed by atoms with Crippen molar-refractivity contribution in [1.29, 1.82) is 0 Å². The van der Waals surface area contributed by atoms with Gasteiger partial charge in [0.1, 0.15) is 0 Å². The van der Waals surface area contributed by atoms with E-state index in [1.807, 2.05) is 32.0 Å². The van der Waals surface area contributed by atoms with Gasteiger partial charge in [-0.3, -0.25) is 4.79 Å². The number of benzene rings is 1. The van der Waals surface area contributed by atoms with Crippen LogP contribution in [-0.2, 0) is 11.2 Å². The number of quaternary nitrogens is 1. The molecule has 2 aromatic rings. The maximum Gasteiger partial charge on any atom is 0.277 e. The van der Waals surface area contributed by atoms with E-state index in [4.69, 9.17) is 4.42 Å². The van der Waals surface area contributed by atoms with Gasteiger partial charge in [0, 0.05) is 5.69 Å². The van der Waals surface area contributed by atoms with Crippen LogP contribution < -0.4 is 23.5 Å². The number of amides is 1. The summed E-state index contributed by atoms with van der Waals surface area (Å²) >= 11 is 1.23. The van der Waals surface area contributed by atoms with Crippen LogP contribution in [0.15, 0.2) is 27.8 Å². The average Bonchev–Trinajstić information content (AvgIpc) is 2.89. The monoisotopic (exact) mass is 342 g/mol. The van der Waals surface area contributed by atoms with Crippen LogP contribution in [0.4, 0.5) is 5.69 Å². The Bertz CT molecular complexity index is 633. The summed E-state index contributed by atoms with van der Waals surface area (Å²) in [4.78, 5) is 12.0. The van der Waals surface area contributed by atoms with Gasteiger partial charge in [-0.15, -0.1) is 10.2 Å². The number of carbonyl (C=O) groups is 1. The van der Waals surface area contributed by atoms with E-state index >= 15 is 0 Å². The fourth-order valence-corrected chi connectivity index (χ4v) is 2.31. The Morgan fingerprint density at radius 1 is 1.36 bits per heavy atom. The molecule has 0 aliphatic heterocycles. The highest BCUT2D eigenvalue weighted by molar-refractivity contribution is 7.99. The molecule has 0 saturated carbocycles. The lowest BCUT2D eigenvalue weighted by molar-refractivity contribution is -0.367. The molecular formula is C14H19ClN4O2S. The number of carbonyl (C=O) groups excluding carboxylic acids is 1. The van der Waals surface area contributed by atoms with Gasteiger partial charge in [-0.05, 0) is 31.0 Å². The maximum atomic E-state index is 12.0. The van der Waals surface area contributed by atoms with E-state index in [0.717, 1.165) is 16.8 Å². The number of rotatable bonds is 6. The highest BCUT2D eigenvalue weighted by Gasteiger charge is 2.10. The molecule has 120 valence electrons. The van der Waals surface area contributed by atoms with Gasteiger partial charge in [0.2, 0.25) is 11.8 Å². The molecule has 0 atom stereocenters. The second-order valence-corrected chi connectivity index (χ2v) is 5.65. The molecule has 0 aliphatic carbocycles. The summed E-state index contributed by atoms with van der Waals surface area (Å²) in [7, 11) is 0. The van der Waals surface area contributed by atoms with Gasteiger partial charge in [-0.1, -0.05) is 23.9 Å². The molecule has 0 unspecified atom stereocenters. The molecule has 1 heterocycles. The third-order valence-corrected chi connectivity index (χ3v) is 3.65. The molecule has 0 radical (unpaired) electrons. The van der Waals surface area contributed by atoms with Crippen molar-refractivity contribution in [1.82, 2.24) is 10.2 Å². The first-order valence-corrected chi connectivity index (χ1v) is 7.68. The number of hydrogen-bond donors (Lipinski definition) is 2. The molecule has 1 amide bonds. The topological polar surface area (TPSA) is 95.7 Å². The Labute approximate surface area is 139 Å². The van der Waals surface area contributed by atoms with Crippen molar-refractivity contribution >= 4 is 23.4 Å². The van der Waals surface area contributed by atoms with Crippen LogP contribution in [0.25, 0.3) is 0 Å². The van der Waals surface area contributed by atoms with E-state index in [1.165, 1.54) is 11.8 Å². The van der Waals surface area contributed by atoms with Crippen molar-refractivity contribution in [2.75, 3.05) is 17.6 Å². The second kappa shape index (κ2) is 8.77. The smallest absolute Gasteiger partial charge is 0.277 e. The fourth-order valence-electron chi connectivity index (χ4n) is 1.73. The van der Waals surface area contributed by atoms with Crippen molar-refractivity contribution in [3.05, 3.63) is 35.2 Å². The quantitative estimate of drug-likeness (QED) is 0.604. The average molecular weight is 343 g/mol. The predicted octanol–water partition coefficient (Wildman–Crippen LogP) is -1.79. The Kier molecular flexibility index (Phi) is 7.37. The van der Waals surface area contributed by atoms with Gasteiger partial charge >= 0.3 is 0 Å². The number of thioether (sulfide) groups is 1. The number of aryl methyl sites for hydroxylation is 2. The fraction of sp³-hybridized carbons (Fsp3) is 0.357. The lowest BCUT2D eigenvalue weighted by Crippen LogP contribution is -3.00. The molecule has 1 aromatic carbocycles. The summed E-state index contributed by atoms with van der Waals surface area (Å²) in [6.07, 6.45) is 0.655. The van der Waals surface area contributed by atoms with Crippen LogP contribution in [0.5, 0.6) is 0 Å². The number of hydrogen-bond acceptors (Lipinski definition) is 5. The van der Waals surface area contributed by atoms with Crippen LogP contribution >= 0.6 is 11.8 Å². The normalized spacial score (nSPS) is 10.1. The minimum atomic E-state index is -0.0920. The van der Waals surface area contributed by atoms with E-state index in [1.54, 1.807) is 0 Å². The van der Waals surface area contributed by atoms with Gasteiger partial charge < -0.3 is 27.9 Å². The summed E-state index contributed by atoms with van der Waals surface area (Å²) in [5.41, 5.74) is 6.71. The van der Waals surface area contributed by atoms with Gasteiger partial charge in [0.25, 0.3) is 5.22 Å². The molecule has 1 aromatic heterocycles. The lowest BCUT2D eigenvalue weighted by Gasteiger charge is -2.08. The van der Waals surface area contributed by atoms with Crippen molar-refractivity contribution < 1.29 is 27.4 Å². The molecule has 22 heavy (non-hydrogen) atoms. The van der Waals surface area contributed by atoms with E-state index in [9.17, 15) is 4.79 Å². The van der Waals surface area contributed by atoms with Crippen molar-refractivity contribution in [2.45, 2.75) is 25.5 Å². The molecular weight excluding hydrogens is 324 g/mol. The third kappa shape index (κ3) is 5.32. The number of nitrogens with one attached hydrogen (secondary N) is 1. The molecule has 0 fully saturated rings. The first-order valence-electron chi connectivity index (χ1n) is 6.70. The van der Waals surface area contributed by atoms with Crippen molar-refractivity contribution in [3.63, 3.8) is 0 Å². The molecule has 0 saturated heterocycles. The lowest BCUT2D eigenvalue weighted by atomic mass is 10.1. The summed E-state index contributed by atoms with van der Waals surface area (Å²) < 4.78 is 5.39. The first kappa shape index (κ1) is 18.5. The molecule has 0 aliphatic rings. The number of aromatic nitrogens is 2. The highest BCUT2D eigenvalue weighted by Crippen LogP contribution is 2.19. The maximum absolute atomic E-state index is 12.0. The molecule has 0 spiro atoms. The molecule has 6 nitrogen and oxygen atoms in total. The minimum Gasteiger partial charge on any atom is -1.00 e. The zero-order chi connectivity index (χ0) is 15.2. The second-order valence-electron chi connectivity index (χ2n) is 4.72. The highest BCUT2D eigenvalue weighted by atomic mass is 35.5. The number of anilines is 1. The van der Waals surface area contributed by atoms with Gasteiger partial charge in [-0.25, -0.2) is 0 Å². The van der Waals surface area contributed by atoms with E-state index in [-0.39, 0.29) is 24.1 Å². The Morgan fingerprint density at radius 2 is 2.14 bits per heavy atom. The van der Waals surface area contributed by atoms with Crippen LogP contribution in [0, 0.1) is 13.8 Å². The summed E-state index contributed by atoms with van der Waals surface area (Å²) in [6, 6.07) is 5.96. The first-order chi connectivity index (χ1) is 10.1. The summed E-state index contributed by atoms with van der Waals surface area (Å²) in [5, 5.41) is 11.1. The van der Waals surface area contributed by atoms with E-state index in [2.05, 4.69) is 21.2 Å². The van der Waals surface area contributed by atoms with Gasteiger partial charge in [0.05, 0.1) is 18.7 Å². The third-order valence-electron chi connectivity index (χ3n) is 2.83. The minimum absolute atomic E-state index is 0. The zero-order valence-corrected chi connectivity index (χ0v) is 14.1. The summed E-state index contributed by atoms with van der Waals surface area (Å²) in [6.45, 7) is 4.66. The summed E-state index contributed by atoms with van der Waals surface area (Å²) in [5.74, 6) is 0.701. The van der Waals surface area contributed by atoms with Crippen LogP contribution in [0.3, 0.4) is 0 Å². The number of nitrogens with zero attached hydrogens (tertiary/aromatic N) is 2.